The number of fused-ring (bicyclic) bond motifs is 6. The maximum atomic E-state index is 5.16. The third-order valence-corrected chi connectivity index (χ3v) is 13.2. The quantitative estimate of drug-likeness (QED) is 0.137. The maximum Gasteiger partial charge on any atom is 0.201 e. The molecule has 0 saturated heterocycles. The highest BCUT2D eigenvalue weighted by Gasteiger charge is 2.21. The summed E-state index contributed by atoms with van der Waals surface area (Å²) in [5.74, 6) is 5.15. The van der Waals surface area contributed by atoms with Crippen molar-refractivity contribution >= 4 is 43.6 Å². The molecule has 346 valence electrons. The molecule has 0 spiro atoms. The summed E-state index contributed by atoms with van der Waals surface area (Å²) in [6.07, 6.45) is 3.54. The number of nitrogens with zero attached hydrogens (tertiary/aromatic N) is 12. The summed E-state index contributed by atoms with van der Waals surface area (Å²) in [5.41, 5.74) is 9.71. The highest BCUT2D eigenvalue weighted by molar-refractivity contribution is 6.12. The van der Waals surface area contributed by atoms with Gasteiger partial charge in [-0.25, -0.2) is 49.8 Å². The van der Waals surface area contributed by atoms with Crippen LogP contribution < -0.4 is 0 Å². The summed E-state index contributed by atoms with van der Waals surface area (Å²) in [7, 11) is 0. The first kappa shape index (κ1) is 42.4. The van der Waals surface area contributed by atoms with Crippen LogP contribution in [0.2, 0.25) is 0 Å². The van der Waals surface area contributed by atoms with E-state index in [0.717, 1.165) is 77.0 Å². The van der Waals surface area contributed by atoms with E-state index in [4.69, 9.17) is 49.8 Å². The van der Waals surface area contributed by atoms with Crippen LogP contribution in [0.3, 0.4) is 0 Å². The van der Waals surface area contributed by atoms with Crippen LogP contribution in [0.1, 0.15) is 0 Å². The van der Waals surface area contributed by atoms with Gasteiger partial charge in [0.15, 0.2) is 34.9 Å². The van der Waals surface area contributed by atoms with E-state index in [0.29, 0.717) is 58.2 Å². The molecule has 74 heavy (non-hydrogen) atoms. The first-order chi connectivity index (χ1) is 36.7. The topological polar surface area (TPSA) is 139 Å². The van der Waals surface area contributed by atoms with Gasteiger partial charge in [-0.15, -0.1) is 0 Å². The van der Waals surface area contributed by atoms with Gasteiger partial charge in [0.25, 0.3) is 0 Å². The van der Waals surface area contributed by atoms with E-state index in [1.54, 1.807) is 12.4 Å². The molecular weight excluding hydrogens is 913 g/mol. The van der Waals surface area contributed by atoms with Gasteiger partial charge in [-0.2, -0.15) is 0 Å². The second-order valence-electron chi connectivity index (χ2n) is 17.7. The zero-order chi connectivity index (χ0) is 49.0. The normalized spacial score (nSPS) is 11.5. The number of para-hydroxylation sites is 2. The number of rotatable bonds is 9. The van der Waals surface area contributed by atoms with Crippen molar-refractivity contribution in [3.8, 4) is 91.6 Å². The fraction of sp³-hybridized carbons (Fsp3) is 0. The van der Waals surface area contributed by atoms with E-state index < -0.39 is 0 Å². The van der Waals surface area contributed by atoms with E-state index in [-0.39, 0.29) is 0 Å². The first-order valence-corrected chi connectivity index (χ1v) is 24.2. The van der Waals surface area contributed by atoms with Crippen molar-refractivity contribution in [1.29, 1.82) is 0 Å². The molecule has 0 unspecified atom stereocenters. The molecule has 0 aliphatic heterocycles. The molecule has 0 aliphatic rings. The Kier molecular flexibility index (Phi) is 10.2. The second kappa shape index (κ2) is 17.7. The second-order valence-corrected chi connectivity index (χ2v) is 17.7. The highest BCUT2D eigenvalue weighted by atomic mass is 15.1. The summed E-state index contributed by atoms with van der Waals surface area (Å²) in [6.45, 7) is 0. The fourth-order valence-corrected chi connectivity index (χ4v) is 9.78. The van der Waals surface area contributed by atoms with E-state index in [1.165, 1.54) is 0 Å². The monoisotopic (exact) mass is 950 g/mol. The minimum Gasteiger partial charge on any atom is -0.294 e. The van der Waals surface area contributed by atoms with Crippen LogP contribution in [-0.2, 0) is 0 Å². The fourth-order valence-electron chi connectivity index (χ4n) is 9.78. The lowest BCUT2D eigenvalue weighted by molar-refractivity contribution is 0.996. The Balaban J connectivity index is 0.856. The molecule has 0 atom stereocenters. The third-order valence-electron chi connectivity index (χ3n) is 13.2. The van der Waals surface area contributed by atoms with Crippen LogP contribution in [0.4, 0.5) is 0 Å². The lowest BCUT2D eigenvalue weighted by atomic mass is 10.0. The molecule has 12 heteroatoms. The standard InChI is InChI=1S/C62H38N12/c1-5-17-39(18-6-1)55-67-56(40-19-7-2-8-20-40)70-61(69-55)59-63-35-33-53(65-59)73-49-27-15-13-25-45(49)47-37-43(29-31-51(47)73)44-30-32-52-48(38-44)46-26-14-16-28-50(46)74(52)54-34-36-64-60(66-54)62-71-57(41-21-9-3-10-22-41)68-58(72-62)42-23-11-4-12-24-42/h1-38H. The molecule has 0 saturated carbocycles. The minimum atomic E-state index is 0.386. The van der Waals surface area contributed by atoms with Crippen LogP contribution in [0.25, 0.3) is 135 Å². The van der Waals surface area contributed by atoms with Crippen molar-refractivity contribution in [3.63, 3.8) is 0 Å². The van der Waals surface area contributed by atoms with Gasteiger partial charge in [0.1, 0.15) is 11.6 Å². The van der Waals surface area contributed by atoms with Gasteiger partial charge >= 0.3 is 0 Å². The summed E-state index contributed by atoms with van der Waals surface area (Å²) in [6, 6.07) is 73.7. The van der Waals surface area contributed by atoms with Crippen molar-refractivity contribution in [2.75, 3.05) is 0 Å². The lowest BCUT2D eigenvalue weighted by Gasteiger charge is -2.11. The predicted octanol–water partition coefficient (Wildman–Crippen LogP) is 13.5. The molecule has 0 N–H and O–H groups in total. The van der Waals surface area contributed by atoms with Gasteiger partial charge in [-0.3, -0.25) is 9.13 Å². The number of hydrogen-bond donors (Lipinski definition) is 0. The van der Waals surface area contributed by atoms with Crippen molar-refractivity contribution in [1.82, 2.24) is 59.0 Å². The molecular formula is C62H38N12. The Labute approximate surface area is 423 Å². The van der Waals surface area contributed by atoms with Crippen LogP contribution in [0, 0.1) is 0 Å². The molecule has 14 aromatic rings. The smallest absolute Gasteiger partial charge is 0.201 e. The van der Waals surface area contributed by atoms with Gasteiger partial charge in [-0.05, 0) is 59.7 Å². The Hall–Kier alpha value is -10.5. The summed E-state index contributed by atoms with van der Waals surface area (Å²) < 4.78 is 4.37. The van der Waals surface area contributed by atoms with Crippen molar-refractivity contribution in [2.45, 2.75) is 0 Å². The molecule has 8 aromatic carbocycles. The van der Waals surface area contributed by atoms with Crippen LogP contribution in [-0.4, -0.2) is 59.0 Å². The molecule has 0 aliphatic carbocycles. The predicted molar refractivity (Wildman–Crippen MR) is 291 cm³/mol. The zero-order valence-electron chi connectivity index (χ0n) is 39.3. The molecule has 0 bridgehead atoms. The maximum absolute atomic E-state index is 5.16. The van der Waals surface area contributed by atoms with Gasteiger partial charge in [0, 0.05) is 56.2 Å². The van der Waals surface area contributed by atoms with E-state index >= 15 is 0 Å². The minimum absolute atomic E-state index is 0.386. The summed E-state index contributed by atoms with van der Waals surface area (Å²) in [4.78, 5) is 49.2. The Morgan fingerprint density at radius 2 is 0.527 bits per heavy atom. The molecule has 12 nitrogen and oxygen atoms in total. The largest absolute Gasteiger partial charge is 0.294 e. The SMILES string of the molecule is c1ccc(-c2nc(-c3ccccc3)nc(-c3nccc(-n4c5ccccc5c5cc(-c6ccc7c(c6)c6ccccc6n7-c6ccnc(-c7nc(-c8ccccc8)nc(-c8ccccc8)n7)n6)ccc54)n3)n2)cc1. The number of hydrogen-bond acceptors (Lipinski definition) is 10. The molecule has 14 rings (SSSR count). The van der Waals surface area contributed by atoms with Crippen molar-refractivity contribution < 1.29 is 0 Å². The Morgan fingerprint density at radius 1 is 0.216 bits per heavy atom. The molecule has 0 radical (unpaired) electrons. The van der Waals surface area contributed by atoms with Crippen molar-refractivity contribution in [3.05, 3.63) is 231 Å². The zero-order valence-corrected chi connectivity index (χ0v) is 39.3. The van der Waals surface area contributed by atoms with E-state index in [1.807, 2.05) is 133 Å². The van der Waals surface area contributed by atoms with Gasteiger partial charge in [-0.1, -0.05) is 170 Å². The van der Waals surface area contributed by atoms with Crippen LogP contribution in [0.15, 0.2) is 231 Å². The van der Waals surface area contributed by atoms with Gasteiger partial charge < -0.3 is 0 Å². The third kappa shape index (κ3) is 7.49. The Morgan fingerprint density at radius 3 is 0.892 bits per heavy atom. The van der Waals surface area contributed by atoms with Crippen molar-refractivity contribution in [2.24, 2.45) is 0 Å². The van der Waals surface area contributed by atoms with Gasteiger partial charge in [0.05, 0.1) is 22.1 Å². The number of benzene rings is 8. The summed E-state index contributed by atoms with van der Waals surface area (Å²) in [5, 5.41) is 4.39. The van der Waals surface area contributed by atoms with Crippen LogP contribution in [0.5, 0.6) is 0 Å². The highest BCUT2D eigenvalue weighted by Crippen LogP contribution is 2.38. The molecule has 0 amide bonds. The van der Waals surface area contributed by atoms with Gasteiger partial charge in [0.2, 0.25) is 11.6 Å². The molecule has 0 fully saturated rings. The number of aromatic nitrogens is 12. The van der Waals surface area contributed by atoms with Crippen LogP contribution >= 0.6 is 0 Å². The average Bonchev–Trinajstić information content (AvgIpc) is 4.02. The lowest BCUT2D eigenvalue weighted by Crippen LogP contribution is -2.05. The van der Waals surface area contributed by atoms with E-state index in [9.17, 15) is 0 Å². The molecule has 6 aromatic heterocycles. The molecule has 6 heterocycles. The first-order valence-electron chi connectivity index (χ1n) is 24.2. The van der Waals surface area contributed by atoms with E-state index in [2.05, 4.69) is 94.1 Å². The summed E-state index contributed by atoms with van der Waals surface area (Å²) >= 11 is 0. The average molecular weight is 951 g/mol. The Bertz CT molecular complexity index is 4020.